The lowest BCUT2D eigenvalue weighted by molar-refractivity contribution is 0.153. The summed E-state index contributed by atoms with van der Waals surface area (Å²) in [5, 5.41) is 9.76. The molecule has 1 aromatic heterocycles. The largest absolute Gasteiger partial charge is 0.391 e. The third kappa shape index (κ3) is 3.10. The first-order chi connectivity index (χ1) is 10.7. The van der Waals surface area contributed by atoms with Gasteiger partial charge in [-0.25, -0.2) is 9.97 Å². The minimum atomic E-state index is -0.277. The van der Waals surface area contributed by atoms with Crippen LogP contribution in [0.2, 0.25) is 0 Å². The number of aliphatic hydroxyl groups is 1. The minimum absolute atomic E-state index is 0.277. The van der Waals surface area contributed by atoms with Crippen molar-refractivity contribution in [3.05, 3.63) is 41.7 Å². The second-order valence-corrected chi connectivity index (χ2v) is 5.87. The van der Waals surface area contributed by atoms with Crippen LogP contribution in [0.4, 0.5) is 5.95 Å². The van der Waals surface area contributed by atoms with E-state index in [0.29, 0.717) is 19.0 Å². The summed E-state index contributed by atoms with van der Waals surface area (Å²) in [6, 6.07) is 6.22. The van der Waals surface area contributed by atoms with Gasteiger partial charge in [-0.2, -0.15) is 0 Å². The van der Waals surface area contributed by atoms with Gasteiger partial charge in [0.05, 0.1) is 6.10 Å². The molecule has 0 aliphatic carbocycles. The average molecular weight is 298 g/mol. The number of nitrogens with two attached hydrogens (primary N) is 1. The topological polar surface area (TPSA) is 75.3 Å². The lowest BCUT2D eigenvalue weighted by atomic mass is 10.0. The first-order valence-corrected chi connectivity index (χ1v) is 7.72. The first-order valence-electron chi connectivity index (χ1n) is 7.72. The van der Waals surface area contributed by atoms with Crippen LogP contribution in [0.5, 0.6) is 0 Å². The van der Waals surface area contributed by atoms with Crippen LogP contribution in [0.15, 0.2) is 30.6 Å². The third-order valence-corrected chi connectivity index (χ3v) is 4.17. The maximum atomic E-state index is 9.76. The number of benzene rings is 1. The molecule has 1 atom stereocenters. The zero-order valence-corrected chi connectivity index (χ0v) is 12.9. The Morgan fingerprint density at radius 1 is 1.32 bits per heavy atom. The van der Waals surface area contributed by atoms with Gasteiger partial charge in [-0.15, -0.1) is 0 Å². The van der Waals surface area contributed by atoms with Crippen LogP contribution in [-0.2, 0) is 6.54 Å². The SMILES string of the molecule is Cc1ccc(CN)cc1-c1cnc(N2CCCC(O)C2)nc1. The second kappa shape index (κ2) is 6.42. The van der Waals surface area contributed by atoms with Gasteiger partial charge in [0, 0.05) is 37.6 Å². The summed E-state index contributed by atoms with van der Waals surface area (Å²) in [7, 11) is 0. The molecule has 0 bridgehead atoms. The Morgan fingerprint density at radius 2 is 2.09 bits per heavy atom. The number of hydrogen-bond acceptors (Lipinski definition) is 5. The summed E-state index contributed by atoms with van der Waals surface area (Å²) in [4.78, 5) is 11.0. The molecule has 5 heteroatoms. The van der Waals surface area contributed by atoms with E-state index < -0.39 is 0 Å². The van der Waals surface area contributed by atoms with Crippen LogP contribution >= 0.6 is 0 Å². The van der Waals surface area contributed by atoms with Gasteiger partial charge in [-0.05, 0) is 42.5 Å². The Labute approximate surface area is 130 Å². The summed E-state index contributed by atoms with van der Waals surface area (Å²) in [6.45, 7) is 4.11. The molecular formula is C17H22N4O. The molecule has 1 fully saturated rings. The summed E-state index contributed by atoms with van der Waals surface area (Å²) in [5.74, 6) is 0.690. The van der Waals surface area contributed by atoms with Crippen molar-refractivity contribution in [3.8, 4) is 11.1 Å². The van der Waals surface area contributed by atoms with E-state index in [-0.39, 0.29) is 6.10 Å². The Bertz CT molecular complexity index is 642. The quantitative estimate of drug-likeness (QED) is 0.905. The highest BCUT2D eigenvalue weighted by molar-refractivity contribution is 5.66. The maximum absolute atomic E-state index is 9.76. The number of aliphatic hydroxyl groups excluding tert-OH is 1. The molecular weight excluding hydrogens is 276 g/mol. The normalized spacial score (nSPS) is 18.5. The van der Waals surface area contributed by atoms with Gasteiger partial charge in [-0.1, -0.05) is 12.1 Å². The van der Waals surface area contributed by atoms with E-state index in [1.165, 1.54) is 5.56 Å². The molecule has 1 unspecified atom stereocenters. The summed E-state index contributed by atoms with van der Waals surface area (Å²) < 4.78 is 0. The Kier molecular flexibility index (Phi) is 4.36. The smallest absolute Gasteiger partial charge is 0.225 e. The van der Waals surface area contributed by atoms with Crippen LogP contribution in [0, 0.1) is 6.92 Å². The van der Waals surface area contributed by atoms with E-state index in [1.54, 1.807) is 0 Å². The van der Waals surface area contributed by atoms with Crippen LogP contribution < -0.4 is 10.6 Å². The van der Waals surface area contributed by atoms with E-state index in [1.807, 2.05) is 23.4 Å². The molecule has 1 saturated heterocycles. The van der Waals surface area contributed by atoms with E-state index in [4.69, 9.17) is 5.73 Å². The van der Waals surface area contributed by atoms with Crippen molar-refractivity contribution in [1.29, 1.82) is 0 Å². The number of β-amino-alcohol motifs (C(OH)–C–C–N with tert-alkyl or cyclic N) is 1. The standard InChI is InChI=1S/C17H22N4O/c1-12-4-5-13(8-18)7-16(12)14-9-19-17(20-10-14)21-6-2-3-15(22)11-21/h4-5,7,9-10,15,22H,2-3,6,8,11,18H2,1H3. The van der Waals surface area contributed by atoms with Gasteiger partial charge in [0.1, 0.15) is 0 Å². The molecule has 5 nitrogen and oxygen atoms in total. The summed E-state index contributed by atoms with van der Waals surface area (Å²) in [6.07, 6.45) is 5.27. The first kappa shape index (κ1) is 14.9. The number of piperidine rings is 1. The number of anilines is 1. The fourth-order valence-corrected chi connectivity index (χ4v) is 2.87. The molecule has 1 aliphatic heterocycles. The van der Waals surface area contributed by atoms with Crippen molar-refractivity contribution >= 4 is 5.95 Å². The van der Waals surface area contributed by atoms with Crippen molar-refractivity contribution in [2.24, 2.45) is 5.73 Å². The van der Waals surface area contributed by atoms with Gasteiger partial charge in [0.2, 0.25) is 5.95 Å². The highest BCUT2D eigenvalue weighted by Gasteiger charge is 2.19. The molecule has 2 aromatic rings. The van der Waals surface area contributed by atoms with Crippen LogP contribution in [0.1, 0.15) is 24.0 Å². The number of nitrogens with zero attached hydrogens (tertiary/aromatic N) is 3. The highest BCUT2D eigenvalue weighted by Crippen LogP contribution is 2.25. The van der Waals surface area contributed by atoms with Gasteiger partial charge >= 0.3 is 0 Å². The lowest BCUT2D eigenvalue weighted by Crippen LogP contribution is -2.39. The molecule has 0 radical (unpaired) electrons. The maximum Gasteiger partial charge on any atom is 0.225 e. The predicted octanol–water partition coefficient (Wildman–Crippen LogP) is 1.87. The van der Waals surface area contributed by atoms with Gasteiger partial charge in [0.25, 0.3) is 0 Å². The van der Waals surface area contributed by atoms with E-state index in [9.17, 15) is 5.11 Å². The summed E-state index contributed by atoms with van der Waals surface area (Å²) in [5.41, 5.74) is 10.1. The molecule has 3 N–H and O–H groups in total. The third-order valence-electron chi connectivity index (χ3n) is 4.17. The highest BCUT2D eigenvalue weighted by atomic mass is 16.3. The number of hydrogen-bond donors (Lipinski definition) is 2. The zero-order chi connectivity index (χ0) is 15.5. The van der Waals surface area contributed by atoms with Crippen molar-refractivity contribution in [2.45, 2.75) is 32.4 Å². The fourth-order valence-electron chi connectivity index (χ4n) is 2.87. The van der Waals surface area contributed by atoms with E-state index in [2.05, 4.69) is 29.0 Å². The molecule has 3 rings (SSSR count). The van der Waals surface area contributed by atoms with Crippen molar-refractivity contribution in [2.75, 3.05) is 18.0 Å². The molecule has 0 saturated carbocycles. The van der Waals surface area contributed by atoms with E-state index in [0.717, 1.165) is 36.1 Å². The molecule has 0 amide bonds. The van der Waals surface area contributed by atoms with Gasteiger partial charge < -0.3 is 15.7 Å². The van der Waals surface area contributed by atoms with Crippen molar-refractivity contribution in [1.82, 2.24) is 9.97 Å². The zero-order valence-electron chi connectivity index (χ0n) is 12.9. The molecule has 1 aliphatic rings. The number of aryl methyl sites for hydroxylation is 1. The van der Waals surface area contributed by atoms with Gasteiger partial charge in [-0.3, -0.25) is 0 Å². The molecule has 116 valence electrons. The number of rotatable bonds is 3. The predicted molar refractivity (Wildman–Crippen MR) is 87.6 cm³/mol. The van der Waals surface area contributed by atoms with E-state index >= 15 is 0 Å². The molecule has 2 heterocycles. The van der Waals surface area contributed by atoms with Crippen molar-refractivity contribution in [3.63, 3.8) is 0 Å². The number of aromatic nitrogens is 2. The molecule has 22 heavy (non-hydrogen) atoms. The molecule has 1 aromatic carbocycles. The minimum Gasteiger partial charge on any atom is -0.391 e. The monoisotopic (exact) mass is 298 g/mol. The van der Waals surface area contributed by atoms with Crippen molar-refractivity contribution < 1.29 is 5.11 Å². The fraction of sp³-hybridized carbons (Fsp3) is 0.412. The Balaban J connectivity index is 1.85. The van der Waals surface area contributed by atoms with Crippen LogP contribution in [-0.4, -0.2) is 34.3 Å². The summed E-state index contributed by atoms with van der Waals surface area (Å²) >= 11 is 0. The second-order valence-electron chi connectivity index (χ2n) is 5.87. The Hall–Kier alpha value is -1.98. The van der Waals surface area contributed by atoms with Gasteiger partial charge in [0.15, 0.2) is 0 Å². The van der Waals surface area contributed by atoms with Crippen LogP contribution in [0.25, 0.3) is 11.1 Å². The average Bonchev–Trinajstić information content (AvgIpc) is 2.55. The lowest BCUT2D eigenvalue weighted by Gasteiger charge is -2.29. The van der Waals surface area contributed by atoms with Crippen LogP contribution in [0.3, 0.4) is 0 Å². The molecule has 0 spiro atoms. The Morgan fingerprint density at radius 3 is 2.77 bits per heavy atom.